The average molecular weight is 315 g/mol. The second-order valence-corrected chi connectivity index (χ2v) is 5.36. The first-order valence-electron chi connectivity index (χ1n) is 6.74. The first-order chi connectivity index (χ1) is 10.6. The molecule has 0 atom stereocenters. The summed E-state index contributed by atoms with van der Waals surface area (Å²) in [4.78, 5) is 4.49. The maximum Gasteiger partial charge on any atom is 0.161 e. The lowest BCUT2D eigenvalue weighted by molar-refractivity contribution is 0.311. The van der Waals surface area contributed by atoms with Crippen molar-refractivity contribution in [1.29, 1.82) is 5.26 Å². The highest BCUT2D eigenvalue weighted by Gasteiger charge is 2.12. The van der Waals surface area contributed by atoms with Gasteiger partial charge in [-0.3, -0.25) is 0 Å². The van der Waals surface area contributed by atoms with E-state index in [0.29, 0.717) is 35.1 Å². The Hall–Kier alpha value is -2.52. The van der Waals surface area contributed by atoms with Gasteiger partial charge in [0.05, 0.1) is 25.0 Å². The highest BCUT2D eigenvalue weighted by Crippen LogP contribution is 2.34. The summed E-state index contributed by atoms with van der Waals surface area (Å²) in [6, 6.07) is 7.73. The van der Waals surface area contributed by atoms with Gasteiger partial charge in [0, 0.05) is 16.6 Å². The van der Waals surface area contributed by atoms with Gasteiger partial charge in [0.1, 0.15) is 11.1 Å². The number of methoxy groups -OCH3 is 1. The van der Waals surface area contributed by atoms with Crippen molar-refractivity contribution in [3.05, 3.63) is 35.0 Å². The smallest absolute Gasteiger partial charge is 0.161 e. The molecule has 2 rings (SSSR count). The van der Waals surface area contributed by atoms with E-state index in [4.69, 9.17) is 20.5 Å². The Morgan fingerprint density at radius 3 is 2.77 bits per heavy atom. The molecular formula is C16H17N3O2S. The molecule has 5 nitrogen and oxygen atoms in total. The number of nitriles is 1. The minimum atomic E-state index is 0.403. The molecule has 0 saturated heterocycles. The molecule has 114 valence electrons. The molecule has 1 aromatic heterocycles. The van der Waals surface area contributed by atoms with Crippen LogP contribution in [-0.2, 0) is 0 Å². The molecule has 1 heterocycles. The van der Waals surface area contributed by atoms with Crippen molar-refractivity contribution in [2.45, 2.75) is 13.8 Å². The van der Waals surface area contributed by atoms with Crippen LogP contribution in [0.1, 0.15) is 19.5 Å². The number of benzene rings is 1. The van der Waals surface area contributed by atoms with Crippen molar-refractivity contribution in [2.24, 2.45) is 5.73 Å². The van der Waals surface area contributed by atoms with Crippen molar-refractivity contribution < 1.29 is 9.47 Å². The number of nitrogens with two attached hydrogens (primary N) is 1. The lowest BCUT2D eigenvalue weighted by Gasteiger charge is -2.09. The predicted octanol–water partition coefficient (Wildman–Crippen LogP) is 3.43. The fourth-order valence-electron chi connectivity index (χ4n) is 1.94. The van der Waals surface area contributed by atoms with Gasteiger partial charge in [-0.2, -0.15) is 5.26 Å². The summed E-state index contributed by atoms with van der Waals surface area (Å²) >= 11 is 1.45. The van der Waals surface area contributed by atoms with E-state index in [1.54, 1.807) is 14.0 Å². The van der Waals surface area contributed by atoms with E-state index in [2.05, 4.69) is 11.1 Å². The normalized spacial score (nSPS) is 11.5. The molecule has 0 unspecified atom stereocenters. The van der Waals surface area contributed by atoms with Crippen LogP contribution in [0, 0.1) is 11.3 Å². The van der Waals surface area contributed by atoms with Crippen molar-refractivity contribution in [1.82, 2.24) is 4.98 Å². The quantitative estimate of drug-likeness (QED) is 0.855. The lowest BCUT2D eigenvalue weighted by atomic mass is 10.2. The van der Waals surface area contributed by atoms with Crippen LogP contribution in [0.3, 0.4) is 0 Å². The Bertz CT molecular complexity index is 740. The number of rotatable bonds is 5. The van der Waals surface area contributed by atoms with Gasteiger partial charge in [-0.05, 0) is 32.0 Å². The summed E-state index contributed by atoms with van der Waals surface area (Å²) in [5, 5.41) is 11.8. The standard InChI is InChI=1S/C16H17N3O2S/c1-4-21-14-6-5-11(7-15(14)20-3)16-19-13(9-22-16)12(8-17)10(2)18/h5-7,9H,4,18H2,1-3H3/b12-10+. The molecule has 22 heavy (non-hydrogen) atoms. The van der Waals surface area contributed by atoms with Crippen LogP contribution in [0.4, 0.5) is 0 Å². The van der Waals surface area contributed by atoms with E-state index in [1.165, 1.54) is 11.3 Å². The third kappa shape index (κ3) is 3.21. The summed E-state index contributed by atoms with van der Waals surface area (Å²) in [6.45, 7) is 4.19. The van der Waals surface area contributed by atoms with Gasteiger partial charge in [0.2, 0.25) is 0 Å². The van der Waals surface area contributed by atoms with Gasteiger partial charge in [-0.15, -0.1) is 11.3 Å². The van der Waals surface area contributed by atoms with E-state index in [9.17, 15) is 0 Å². The molecule has 0 aliphatic heterocycles. The van der Waals surface area contributed by atoms with Gasteiger partial charge in [-0.25, -0.2) is 4.98 Å². The van der Waals surface area contributed by atoms with Crippen LogP contribution in [0.15, 0.2) is 29.3 Å². The predicted molar refractivity (Wildman–Crippen MR) is 87.7 cm³/mol. The molecular weight excluding hydrogens is 298 g/mol. The van der Waals surface area contributed by atoms with E-state index in [1.807, 2.05) is 30.5 Å². The maximum absolute atomic E-state index is 9.15. The number of hydrogen-bond acceptors (Lipinski definition) is 6. The number of allylic oxidation sites excluding steroid dienone is 2. The molecule has 0 radical (unpaired) electrons. The molecule has 0 spiro atoms. The Kier molecular flexibility index (Phi) is 5.02. The van der Waals surface area contributed by atoms with Crippen molar-refractivity contribution in [3.8, 4) is 28.1 Å². The van der Waals surface area contributed by atoms with E-state index in [0.717, 1.165) is 10.6 Å². The van der Waals surface area contributed by atoms with Gasteiger partial charge in [-0.1, -0.05) is 0 Å². The van der Waals surface area contributed by atoms with Gasteiger partial charge in [0.15, 0.2) is 11.5 Å². The monoisotopic (exact) mass is 315 g/mol. The Morgan fingerprint density at radius 1 is 1.41 bits per heavy atom. The van der Waals surface area contributed by atoms with Crippen molar-refractivity contribution in [3.63, 3.8) is 0 Å². The zero-order chi connectivity index (χ0) is 16.1. The van der Waals surface area contributed by atoms with Crippen LogP contribution in [0.25, 0.3) is 16.1 Å². The van der Waals surface area contributed by atoms with Crippen LogP contribution in [-0.4, -0.2) is 18.7 Å². The lowest BCUT2D eigenvalue weighted by Crippen LogP contribution is -1.97. The van der Waals surface area contributed by atoms with Gasteiger partial charge in [0.25, 0.3) is 0 Å². The zero-order valence-electron chi connectivity index (χ0n) is 12.7. The molecule has 2 N–H and O–H groups in total. The molecule has 0 saturated carbocycles. The molecule has 2 aromatic rings. The number of hydrogen-bond donors (Lipinski definition) is 1. The minimum Gasteiger partial charge on any atom is -0.493 e. The fourth-order valence-corrected chi connectivity index (χ4v) is 2.75. The van der Waals surface area contributed by atoms with Crippen LogP contribution in [0.5, 0.6) is 11.5 Å². The molecule has 0 amide bonds. The topological polar surface area (TPSA) is 81.2 Å². The number of ether oxygens (including phenoxy) is 2. The Balaban J connectivity index is 2.40. The van der Waals surface area contributed by atoms with E-state index >= 15 is 0 Å². The summed E-state index contributed by atoms with van der Waals surface area (Å²) in [7, 11) is 1.60. The second kappa shape index (κ2) is 6.96. The number of aromatic nitrogens is 1. The number of thiazole rings is 1. The SMILES string of the molecule is CCOc1ccc(-c2nc(/C(C#N)=C(\C)N)cs2)cc1OC. The molecule has 1 aromatic carbocycles. The first-order valence-corrected chi connectivity index (χ1v) is 7.62. The van der Waals surface area contributed by atoms with Gasteiger partial charge < -0.3 is 15.2 Å². The van der Waals surface area contributed by atoms with Crippen molar-refractivity contribution in [2.75, 3.05) is 13.7 Å². The third-order valence-corrected chi connectivity index (χ3v) is 3.87. The second-order valence-electron chi connectivity index (χ2n) is 4.51. The fraction of sp³-hybridized carbons (Fsp3) is 0.250. The Labute approximate surface area is 133 Å². The van der Waals surface area contributed by atoms with Gasteiger partial charge >= 0.3 is 0 Å². The van der Waals surface area contributed by atoms with Crippen LogP contribution < -0.4 is 15.2 Å². The minimum absolute atomic E-state index is 0.403. The summed E-state index contributed by atoms with van der Waals surface area (Å²) in [5.41, 5.74) is 8.07. The Morgan fingerprint density at radius 2 is 2.18 bits per heavy atom. The van der Waals surface area contributed by atoms with E-state index in [-0.39, 0.29) is 0 Å². The third-order valence-electron chi connectivity index (χ3n) is 2.98. The van der Waals surface area contributed by atoms with Crippen LogP contribution >= 0.6 is 11.3 Å². The van der Waals surface area contributed by atoms with Crippen LogP contribution in [0.2, 0.25) is 0 Å². The highest BCUT2D eigenvalue weighted by molar-refractivity contribution is 7.13. The zero-order valence-corrected chi connectivity index (χ0v) is 13.5. The van der Waals surface area contributed by atoms with Crippen molar-refractivity contribution >= 4 is 16.9 Å². The number of nitrogens with zero attached hydrogens (tertiary/aromatic N) is 2. The summed E-state index contributed by atoms with van der Waals surface area (Å²) < 4.78 is 10.8. The summed E-state index contributed by atoms with van der Waals surface area (Å²) in [5.74, 6) is 1.35. The first kappa shape index (κ1) is 15.9. The molecule has 0 aliphatic carbocycles. The molecule has 0 fully saturated rings. The largest absolute Gasteiger partial charge is 0.493 e. The maximum atomic E-state index is 9.15. The molecule has 0 bridgehead atoms. The summed E-state index contributed by atoms with van der Waals surface area (Å²) in [6.07, 6.45) is 0. The molecule has 0 aliphatic rings. The van der Waals surface area contributed by atoms with E-state index < -0.39 is 0 Å². The average Bonchev–Trinajstić information content (AvgIpc) is 2.98. The highest BCUT2D eigenvalue weighted by atomic mass is 32.1. The molecule has 6 heteroatoms.